The summed E-state index contributed by atoms with van der Waals surface area (Å²) in [6, 6.07) is 48.8. The number of para-hydroxylation sites is 2. The van der Waals surface area contributed by atoms with Crippen molar-refractivity contribution in [3.05, 3.63) is 140 Å². The summed E-state index contributed by atoms with van der Waals surface area (Å²) in [6.45, 7) is 0. The van der Waals surface area contributed by atoms with E-state index < -0.39 is 0 Å². The zero-order valence-corrected chi connectivity index (χ0v) is 24.8. The molecule has 0 aliphatic carbocycles. The fourth-order valence-electron chi connectivity index (χ4n) is 6.85. The fourth-order valence-corrected chi connectivity index (χ4v) is 8.00. The summed E-state index contributed by atoms with van der Waals surface area (Å²) in [4.78, 5) is 10.4. The van der Waals surface area contributed by atoms with Crippen molar-refractivity contribution in [1.82, 2.24) is 14.5 Å². The van der Waals surface area contributed by atoms with Crippen LogP contribution in [0, 0.1) is 0 Å². The third kappa shape index (κ3) is 3.59. The largest absolute Gasteiger partial charge is 0.456 e. The van der Waals surface area contributed by atoms with E-state index in [0.29, 0.717) is 0 Å². The summed E-state index contributed by atoms with van der Waals surface area (Å²) in [5.74, 6) is 0.718. The van der Waals surface area contributed by atoms with Crippen LogP contribution in [-0.2, 0) is 0 Å². The second kappa shape index (κ2) is 9.36. The first-order valence-corrected chi connectivity index (χ1v) is 15.8. The third-order valence-corrected chi connectivity index (χ3v) is 9.97. The van der Waals surface area contributed by atoms with Crippen molar-refractivity contribution in [3.8, 4) is 28.3 Å². The Morgan fingerprint density at radius 3 is 2.20 bits per heavy atom. The molecule has 0 atom stereocenters. The number of benzene rings is 6. The van der Waals surface area contributed by atoms with Gasteiger partial charge in [-0.15, -0.1) is 11.3 Å². The van der Waals surface area contributed by atoms with Gasteiger partial charge in [-0.1, -0.05) is 97.1 Å². The Morgan fingerprint density at radius 1 is 0.533 bits per heavy atom. The molecule has 0 unspecified atom stereocenters. The lowest BCUT2D eigenvalue weighted by molar-refractivity contribution is 0.669. The van der Waals surface area contributed by atoms with Crippen LogP contribution in [0.2, 0.25) is 0 Å². The van der Waals surface area contributed by atoms with Gasteiger partial charge in [-0.05, 0) is 42.5 Å². The molecule has 10 aromatic rings. The number of thiophene rings is 1. The van der Waals surface area contributed by atoms with Crippen LogP contribution < -0.4 is 0 Å². The first kappa shape index (κ1) is 24.6. The summed E-state index contributed by atoms with van der Waals surface area (Å²) < 4.78 is 11.0. The van der Waals surface area contributed by atoms with Crippen molar-refractivity contribution in [2.24, 2.45) is 0 Å². The third-order valence-electron chi connectivity index (χ3n) is 8.81. The number of rotatable bonds is 3. The topological polar surface area (TPSA) is 43.9 Å². The van der Waals surface area contributed by atoms with Gasteiger partial charge in [-0.2, -0.15) is 0 Å². The standard InChI is InChI=1S/C40H23N3OS/c1-2-11-24(12-3-1)37-39-38(29-17-6-9-20-34(29)45-39)42-40(41-37)25-13-10-14-26(23-25)43-30-18-7-4-15-27(30)35-31(43)21-22-33-36(35)28-16-5-8-19-32(28)44-33/h1-23H. The molecule has 6 aromatic carbocycles. The highest BCUT2D eigenvalue weighted by atomic mass is 32.1. The molecule has 0 saturated carbocycles. The fraction of sp³-hybridized carbons (Fsp3) is 0. The monoisotopic (exact) mass is 593 g/mol. The first-order valence-electron chi connectivity index (χ1n) is 15.0. The molecule has 4 nitrogen and oxygen atoms in total. The minimum Gasteiger partial charge on any atom is -0.456 e. The molecular weight excluding hydrogens is 571 g/mol. The van der Waals surface area contributed by atoms with E-state index in [9.17, 15) is 0 Å². The highest BCUT2D eigenvalue weighted by molar-refractivity contribution is 7.26. The summed E-state index contributed by atoms with van der Waals surface area (Å²) in [6.07, 6.45) is 0. The maximum atomic E-state index is 6.28. The number of aromatic nitrogens is 3. The van der Waals surface area contributed by atoms with E-state index in [1.54, 1.807) is 11.3 Å². The van der Waals surface area contributed by atoms with Crippen molar-refractivity contribution < 1.29 is 4.42 Å². The maximum Gasteiger partial charge on any atom is 0.160 e. The molecule has 0 fully saturated rings. The van der Waals surface area contributed by atoms with Crippen molar-refractivity contribution in [3.63, 3.8) is 0 Å². The number of hydrogen-bond donors (Lipinski definition) is 0. The molecule has 45 heavy (non-hydrogen) atoms. The van der Waals surface area contributed by atoms with Gasteiger partial charge in [0.05, 0.1) is 26.9 Å². The average molecular weight is 594 g/mol. The normalized spacial score (nSPS) is 12.0. The molecule has 5 heteroatoms. The van der Waals surface area contributed by atoms with Crippen molar-refractivity contribution in [1.29, 1.82) is 0 Å². The van der Waals surface area contributed by atoms with Crippen molar-refractivity contribution in [2.75, 3.05) is 0 Å². The zero-order chi connectivity index (χ0) is 29.5. The molecule has 0 bridgehead atoms. The molecule has 10 rings (SSSR count). The predicted octanol–water partition coefficient (Wildman–Crippen LogP) is 11.2. The van der Waals surface area contributed by atoms with Crippen LogP contribution in [0.5, 0.6) is 0 Å². The van der Waals surface area contributed by atoms with Crippen LogP contribution in [0.4, 0.5) is 0 Å². The number of fused-ring (bicyclic) bond motifs is 10. The number of nitrogens with zero attached hydrogens (tertiary/aromatic N) is 3. The minimum atomic E-state index is 0.718. The Bertz CT molecular complexity index is 2770. The van der Waals surface area contributed by atoms with E-state index in [0.717, 1.165) is 76.9 Å². The minimum absolute atomic E-state index is 0.718. The zero-order valence-electron chi connectivity index (χ0n) is 23.9. The van der Waals surface area contributed by atoms with Gasteiger partial charge in [-0.3, -0.25) is 0 Å². The summed E-state index contributed by atoms with van der Waals surface area (Å²) in [7, 11) is 0. The van der Waals surface area contributed by atoms with E-state index in [2.05, 4.69) is 126 Å². The quantitative estimate of drug-likeness (QED) is 0.205. The molecule has 0 N–H and O–H groups in total. The molecule has 0 radical (unpaired) electrons. The Morgan fingerprint density at radius 2 is 1.29 bits per heavy atom. The lowest BCUT2D eigenvalue weighted by Crippen LogP contribution is -1.97. The Kier molecular flexibility index (Phi) is 5.12. The molecule has 0 spiro atoms. The molecule has 210 valence electrons. The maximum absolute atomic E-state index is 6.28. The van der Waals surface area contributed by atoms with Crippen molar-refractivity contribution in [2.45, 2.75) is 0 Å². The average Bonchev–Trinajstić information content (AvgIpc) is 3.77. The van der Waals surface area contributed by atoms with E-state index in [4.69, 9.17) is 14.4 Å². The lowest BCUT2D eigenvalue weighted by Gasteiger charge is -2.11. The van der Waals surface area contributed by atoms with Crippen LogP contribution in [-0.4, -0.2) is 14.5 Å². The molecule has 0 aliphatic rings. The van der Waals surface area contributed by atoms with E-state index in [-0.39, 0.29) is 0 Å². The van der Waals surface area contributed by atoms with Gasteiger partial charge >= 0.3 is 0 Å². The van der Waals surface area contributed by atoms with Crippen LogP contribution in [0.3, 0.4) is 0 Å². The Hall–Kier alpha value is -5.78. The first-order chi connectivity index (χ1) is 22.3. The number of furan rings is 1. The predicted molar refractivity (Wildman–Crippen MR) is 187 cm³/mol. The molecule has 4 heterocycles. The summed E-state index contributed by atoms with van der Waals surface area (Å²) in [5, 5.41) is 5.84. The van der Waals surface area contributed by atoms with Crippen LogP contribution in [0.15, 0.2) is 144 Å². The molecule has 0 aliphatic heterocycles. The lowest BCUT2D eigenvalue weighted by atomic mass is 10.1. The Balaban J connectivity index is 1.24. The van der Waals surface area contributed by atoms with Gasteiger partial charge in [0, 0.05) is 48.4 Å². The molecule has 0 saturated heterocycles. The summed E-state index contributed by atoms with van der Waals surface area (Å²) in [5.41, 5.74) is 9.18. The second-order valence-corrected chi connectivity index (χ2v) is 12.4. The van der Waals surface area contributed by atoms with Crippen LogP contribution in [0.25, 0.3) is 92.4 Å². The highest BCUT2D eigenvalue weighted by Crippen LogP contribution is 2.42. The Labute approximate surface area is 261 Å². The van der Waals surface area contributed by atoms with Gasteiger partial charge < -0.3 is 8.98 Å². The van der Waals surface area contributed by atoms with Crippen molar-refractivity contribution >= 4 is 75.4 Å². The van der Waals surface area contributed by atoms with E-state index in [1.165, 1.54) is 15.5 Å². The number of hydrogen-bond acceptors (Lipinski definition) is 4. The molecule has 4 aromatic heterocycles. The summed E-state index contributed by atoms with van der Waals surface area (Å²) >= 11 is 1.76. The van der Waals surface area contributed by atoms with Gasteiger partial charge in [-0.25, -0.2) is 9.97 Å². The molecular formula is C40H23N3OS. The van der Waals surface area contributed by atoms with Gasteiger partial charge in [0.15, 0.2) is 5.82 Å². The highest BCUT2D eigenvalue weighted by Gasteiger charge is 2.20. The smallest absolute Gasteiger partial charge is 0.160 e. The molecule has 0 amide bonds. The van der Waals surface area contributed by atoms with Gasteiger partial charge in [0.2, 0.25) is 0 Å². The van der Waals surface area contributed by atoms with E-state index in [1.807, 2.05) is 18.2 Å². The van der Waals surface area contributed by atoms with E-state index >= 15 is 0 Å². The van der Waals surface area contributed by atoms with Crippen LogP contribution in [0.1, 0.15) is 0 Å². The SMILES string of the molecule is c1ccc(-c2nc(-c3cccc(-n4c5ccccc5c5c6c(ccc54)oc4ccccc46)c3)nc3c2sc2ccccc23)cc1. The van der Waals surface area contributed by atoms with Gasteiger partial charge in [0.25, 0.3) is 0 Å². The van der Waals surface area contributed by atoms with Crippen LogP contribution >= 0.6 is 11.3 Å². The second-order valence-electron chi connectivity index (χ2n) is 11.4. The van der Waals surface area contributed by atoms with Gasteiger partial charge in [0.1, 0.15) is 11.2 Å².